The van der Waals surface area contributed by atoms with E-state index in [2.05, 4.69) is 10.3 Å². The summed E-state index contributed by atoms with van der Waals surface area (Å²) in [7, 11) is 0. The van der Waals surface area contributed by atoms with Gasteiger partial charge < -0.3 is 11.1 Å². The van der Waals surface area contributed by atoms with Crippen molar-refractivity contribution < 1.29 is 9.59 Å². The monoisotopic (exact) mass is 362 g/mol. The van der Waals surface area contributed by atoms with Gasteiger partial charge in [-0.15, -0.1) is 22.7 Å². The number of nitrogens with zero attached hydrogens (tertiary/aromatic N) is 2. The Balaban J connectivity index is 1.83. The van der Waals surface area contributed by atoms with Crippen molar-refractivity contribution in [3.05, 3.63) is 44.6 Å². The molecule has 3 aromatic heterocycles. The first-order chi connectivity index (χ1) is 11.5. The normalized spacial score (nSPS) is 10.9. The Morgan fingerprint density at radius 1 is 1.42 bits per heavy atom. The van der Waals surface area contributed by atoms with Crippen molar-refractivity contribution in [3.8, 4) is 0 Å². The average molecular weight is 362 g/mol. The van der Waals surface area contributed by atoms with Crippen molar-refractivity contribution in [2.24, 2.45) is 5.73 Å². The summed E-state index contributed by atoms with van der Waals surface area (Å²) in [5.41, 5.74) is 5.23. The number of hydrogen-bond donors (Lipinski definition) is 2. The van der Waals surface area contributed by atoms with Gasteiger partial charge in [0.25, 0.3) is 11.5 Å². The molecule has 3 aromatic rings. The minimum absolute atomic E-state index is 0.185. The number of nitrogens with two attached hydrogens (primary N) is 1. The smallest absolute Gasteiger partial charge is 0.262 e. The largest absolute Gasteiger partial charge is 0.366 e. The fraction of sp³-hybridized carbons (Fsp3) is 0.200. The van der Waals surface area contributed by atoms with E-state index in [4.69, 9.17) is 5.73 Å². The van der Waals surface area contributed by atoms with Gasteiger partial charge in [0.2, 0.25) is 5.91 Å². The highest BCUT2D eigenvalue weighted by Crippen LogP contribution is 2.23. The van der Waals surface area contributed by atoms with Gasteiger partial charge in [-0.3, -0.25) is 19.0 Å². The average Bonchev–Trinajstić information content (AvgIpc) is 3.16. The molecule has 0 atom stereocenters. The maximum atomic E-state index is 12.4. The minimum atomic E-state index is -0.614. The van der Waals surface area contributed by atoms with Crippen molar-refractivity contribution in [2.75, 3.05) is 5.32 Å². The third-order valence-corrected chi connectivity index (χ3v) is 5.43. The molecule has 3 N–H and O–H groups in total. The Labute approximate surface area is 144 Å². The molecule has 2 amide bonds. The number of thiophene rings is 2. The molecule has 24 heavy (non-hydrogen) atoms. The second kappa shape index (κ2) is 6.54. The van der Waals surface area contributed by atoms with Gasteiger partial charge in [0.15, 0.2) is 0 Å². The summed E-state index contributed by atoms with van der Waals surface area (Å²) in [6, 6.07) is 3.36. The molecule has 0 saturated heterocycles. The SMILES string of the molecule is CCc1cc2c(=O)n(CC(=O)Nc3sccc3C(N)=O)cnc2s1. The summed E-state index contributed by atoms with van der Waals surface area (Å²) < 4.78 is 1.25. The highest BCUT2D eigenvalue weighted by molar-refractivity contribution is 7.18. The molecule has 0 unspecified atom stereocenters. The highest BCUT2D eigenvalue weighted by atomic mass is 32.1. The molecule has 0 aliphatic carbocycles. The van der Waals surface area contributed by atoms with Gasteiger partial charge in [0.1, 0.15) is 16.4 Å². The molecular weight excluding hydrogens is 348 g/mol. The predicted octanol–water partition coefficient (Wildman–Crippen LogP) is 1.82. The first-order valence-corrected chi connectivity index (χ1v) is 8.84. The molecule has 7 nitrogen and oxygen atoms in total. The lowest BCUT2D eigenvalue weighted by atomic mass is 10.3. The van der Waals surface area contributed by atoms with E-state index in [9.17, 15) is 14.4 Å². The lowest BCUT2D eigenvalue weighted by Gasteiger charge is -2.06. The summed E-state index contributed by atoms with van der Waals surface area (Å²) in [5.74, 6) is -1.04. The van der Waals surface area contributed by atoms with E-state index in [0.717, 1.165) is 11.3 Å². The molecule has 124 valence electrons. The van der Waals surface area contributed by atoms with E-state index in [1.807, 2.05) is 13.0 Å². The quantitative estimate of drug-likeness (QED) is 0.722. The summed E-state index contributed by atoms with van der Waals surface area (Å²) in [6.45, 7) is 1.82. The van der Waals surface area contributed by atoms with Crippen molar-refractivity contribution in [3.63, 3.8) is 0 Å². The van der Waals surface area contributed by atoms with Crippen LogP contribution in [-0.2, 0) is 17.8 Å². The van der Waals surface area contributed by atoms with E-state index < -0.39 is 11.8 Å². The molecule has 0 fully saturated rings. The van der Waals surface area contributed by atoms with E-state index in [-0.39, 0.29) is 17.7 Å². The second-order valence-electron chi connectivity index (χ2n) is 5.04. The van der Waals surface area contributed by atoms with E-state index >= 15 is 0 Å². The molecule has 0 bridgehead atoms. The van der Waals surface area contributed by atoms with E-state index in [0.29, 0.717) is 15.2 Å². The van der Waals surface area contributed by atoms with Crippen LogP contribution in [0.2, 0.25) is 0 Å². The molecule has 0 aromatic carbocycles. The number of amides is 2. The molecule has 3 rings (SSSR count). The zero-order valence-electron chi connectivity index (χ0n) is 12.7. The lowest BCUT2D eigenvalue weighted by molar-refractivity contribution is -0.116. The third-order valence-electron chi connectivity index (χ3n) is 3.42. The number of hydrogen-bond acceptors (Lipinski definition) is 6. The number of primary amides is 1. The Kier molecular flexibility index (Phi) is 4.45. The van der Waals surface area contributed by atoms with Crippen molar-refractivity contribution in [2.45, 2.75) is 19.9 Å². The van der Waals surface area contributed by atoms with Gasteiger partial charge in [0, 0.05) is 4.88 Å². The number of anilines is 1. The molecule has 0 spiro atoms. The van der Waals surface area contributed by atoms with Crippen LogP contribution in [-0.4, -0.2) is 21.4 Å². The number of aryl methyl sites for hydroxylation is 1. The van der Waals surface area contributed by atoms with Crippen molar-refractivity contribution in [1.29, 1.82) is 0 Å². The van der Waals surface area contributed by atoms with Gasteiger partial charge in [-0.25, -0.2) is 4.98 Å². The van der Waals surface area contributed by atoms with Gasteiger partial charge in [-0.05, 0) is 23.9 Å². The molecule has 0 radical (unpaired) electrons. The Hall–Kier alpha value is -2.52. The zero-order chi connectivity index (χ0) is 17.3. The molecule has 3 heterocycles. The fourth-order valence-corrected chi connectivity index (χ4v) is 3.95. The summed E-state index contributed by atoms with van der Waals surface area (Å²) in [5, 5.41) is 5.15. The van der Waals surface area contributed by atoms with Gasteiger partial charge in [0.05, 0.1) is 17.3 Å². The maximum Gasteiger partial charge on any atom is 0.262 e. The third kappa shape index (κ3) is 3.08. The number of carbonyl (C=O) groups is 2. The predicted molar refractivity (Wildman–Crippen MR) is 94.7 cm³/mol. The lowest BCUT2D eigenvalue weighted by Crippen LogP contribution is -2.28. The summed E-state index contributed by atoms with van der Waals surface area (Å²) >= 11 is 2.67. The summed E-state index contributed by atoms with van der Waals surface area (Å²) in [6.07, 6.45) is 2.19. The van der Waals surface area contributed by atoms with Crippen LogP contribution >= 0.6 is 22.7 Å². The fourth-order valence-electron chi connectivity index (χ4n) is 2.22. The number of nitrogens with one attached hydrogen (secondary N) is 1. The highest BCUT2D eigenvalue weighted by Gasteiger charge is 2.14. The first kappa shape index (κ1) is 16.3. The summed E-state index contributed by atoms with van der Waals surface area (Å²) in [4.78, 5) is 41.9. The van der Waals surface area contributed by atoms with Gasteiger partial charge >= 0.3 is 0 Å². The van der Waals surface area contributed by atoms with Crippen LogP contribution in [0.1, 0.15) is 22.2 Å². The Bertz CT molecular complexity index is 986. The van der Waals surface area contributed by atoms with Crippen LogP contribution in [0.4, 0.5) is 5.00 Å². The van der Waals surface area contributed by atoms with Crippen molar-refractivity contribution >= 4 is 49.7 Å². The maximum absolute atomic E-state index is 12.4. The zero-order valence-corrected chi connectivity index (χ0v) is 14.4. The molecular formula is C15H14N4O3S2. The molecule has 0 aliphatic heterocycles. The molecule has 0 saturated carbocycles. The van der Waals surface area contributed by atoms with Crippen LogP contribution < -0.4 is 16.6 Å². The van der Waals surface area contributed by atoms with Crippen LogP contribution in [0.15, 0.2) is 28.6 Å². The van der Waals surface area contributed by atoms with Crippen LogP contribution in [0.5, 0.6) is 0 Å². The second-order valence-corrected chi connectivity index (χ2v) is 7.07. The van der Waals surface area contributed by atoms with Crippen LogP contribution in [0.25, 0.3) is 10.2 Å². The van der Waals surface area contributed by atoms with Gasteiger partial charge in [-0.1, -0.05) is 6.92 Å². The minimum Gasteiger partial charge on any atom is -0.366 e. The number of rotatable bonds is 5. The standard InChI is InChI=1S/C15H14N4O3S2/c1-2-8-5-10-13(24-8)17-7-19(15(10)22)6-11(20)18-14-9(12(16)21)3-4-23-14/h3-5,7H,2,6H2,1H3,(H2,16,21)(H,18,20). The Morgan fingerprint density at radius 2 is 2.21 bits per heavy atom. The van der Waals surface area contributed by atoms with Crippen LogP contribution in [0.3, 0.4) is 0 Å². The number of aromatic nitrogens is 2. The van der Waals surface area contributed by atoms with Crippen LogP contribution in [0, 0.1) is 0 Å². The van der Waals surface area contributed by atoms with E-state index in [1.54, 1.807) is 11.4 Å². The topological polar surface area (TPSA) is 107 Å². The van der Waals surface area contributed by atoms with E-state index in [1.165, 1.54) is 33.6 Å². The van der Waals surface area contributed by atoms with Crippen molar-refractivity contribution in [1.82, 2.24) is 9.55 Å². The Morgan fingerprint density at radius 3 is 2.92 bits per heavy atom. The first-order valence-electron chi connectivity index (χ1n) is 7.14. The molecule has 9 heteroatoms. The molecule has 0 aliphatic rings. The van der Waals surface area contributed by atoms with Gasteiger partial charge in [-0.2, -0.15) is 0 Å². The number of carbonyl (C=O) groups excluding carboxylic acids is 2. The number of fused-ring (bicyclic) bond motifs is 1.